The van der Waals surface area contributed by atoms with Crippen LogP contribution in [0.5, 0.6) is 0 Å². The van der Waals surface area contributed by atoms with Crippen molar-refractivity contribution >= 4 is 64.2 Å². The Morgan fingerprint density at radius 3 is 1.73 bits per heavy atom. The van der Waals surface area contributed by atoms with Gasteiger partial charge in [-0.1, -0.05) is 61.5 Å². The zero-order valence-corrected chi connectivity index (χ0v) is 23.2. The number of rotatable bonds is 2. The molecule has 0 fully saturated rings. The van der Waals surface area contributed by atoms with E-state index in [0.29, 0.717) is 5.92 Å². The van der Waals surface area contributed by atoms with Crippen molar-refractivity contribution in [3.05, 3.63) is 120 Å². The molecule has 3 heteroatoms. The largest absolute Gasteiger partial charge is 0.313 e. The van der Waals surface area contributed by atoms with Gasteiger partial charge in [-0.15, -0.1) is 11.3 Å². The molecule has 0 saturated carbocycles. The maximum absolute atomic E-state index is 2.56. The van der Waals surface area contributed by atoms with Crippen LogP contribution in [0.4, 0.5) is 0 Å². The van der Waals surface area contributed by atoms with Crippen LogP contribution >= 0.6 is 11.3 Å². The number of hydrogen-bond acceptors (Lipinski definition) is 1. The summed E-state index contributed by atoms with van der Waals surface area (Å²) in [4.78, 5) is 0. The van der Waals surface area contributed by atoms with Gasteiger partial charge in [0.15, 0.2) is 0 Å². The van der Waals surface area contributed by atoms with Gasteiger partial charge in [0, 0.05) is 53.4 Å². The predicted octanol–water partition coefficient (Wildman–Crippen LogP) is 10.5. The Hall–Kier alpha value is -4.34. The summed E-state index contributed by atoms with van der Waals surface area (Å²) in [5.41, 5.74) is 9.40. The Morgan fingerprint density at radius 1 is 0.575 bits per heavy atom. The summed E-state index contributed by atoms with van der Waals surface area (Å²) in [5, 5.41) is 6.70. The van der Waals surface area contributed by atoms with Crippen LogP contribution in [0.25, 0.3) is 64.3 Å². The van der Waals surface area contributed by atoms with Gasteiger partial charge in [-0.25, -0.2) is 0 Å². The molecule has 0 radical (unpaired) electrons. The molecule has 0 N–H and O–H groups in total. The normalized spacial score (nSPS) is 15.6. The van der Waals surface area contributed by atoms with E-state index in [2.05, 4.69) is 125 Å². The summed E-state index contributed by atoms with van der Waals surface area (Å²) in [6, 6.07) is 40.6. The Bertz CT molecular complexity index is 2220. The minimum atomic E-state index is 0.606. The van der Waals surface area contributed by atoms with Crippen LogP contribution in [0.15, 0.2) is 109 Å². The van der Waals surface area contributed by atoms with Gasteiger partial charge in [0.25, 0.3) is 0 Å². The monoisotopic (exact) mass is 532 g/mol. The van der Waals surface area contributed by atoms with Crippen LogP contribution < -0.4 is 0 Å². The molecule has 2 nitrogen and oxygen atoms in total. The van der Waals surface area contributed by atoms with E-state index in [1.807, 2.05) is 11.3 Å². The summed E-state index contributed by atoms with van der Waals surface area (Å²) in [5.74, 6) is 0.606. The molecular weight excluding hydrogens is 504 g/mol. The lowest BCUT2D eigenvalue weighted by molar-refractivity contribution is 0.581. The van der Waals surface area contributed by atoms with Crippen LogP contribution in [0.1, 0.15) is 36.9 Å². The highest BCUT2D eigenvalue weighted by Gasteiger charge is 2.25. The third-order valence-electron chi connectivity index (χ3n) is 9.09. The summed E-state index contributed by atoms with van der Waals surface area (Å²) < 4.78 is 7.66. The number of aromatic nitrogens is 2. The predicted molar refractivity (Wildman–Crippen MR) is 172 cm³/mol. The molecule has 1 aliphatic carbocycles. The van der Waals surface area contributed by atoms with Crippen molar-refractivity contribution in [2.45, 2.75) is 32.1 Å². The molecule has 1 atom stereocenters. The van der Waals surface area contributed by atoms with Crippen LogP contribution in [-0.2, 0) is 6.42 Å². The smallest absolute Gasteiger partial charge is 0.0541 e. The fourth-order valence-corrected chi connectivity index (χ4v) is 8.43. The highest BCUT2D eigenvalue weighted by molar-refractivity contribution is 7.25. The van der Waals surface area contributed by atoms with Crippen molar-refractivity contribution in [1.29, 1.82) is 0 Å². The van der Waals surface area contributed by atoms with Gasteiger partial charge in [-0.3, -0.25) is 0 Å². The summed E-state index contributed by atoms with van der Waals surface area (Å²) in [7, 11) is 0. The van der Waals surface area contributed by atoms with E-state index in [-0.39, 0.29) is 0 Å². The molecule has 0 aliphatic heterocycles. The SMILES string of the molecule is CC1CCCc2c1c1ccccc1n2-c1ccc2sc3ccc(-n4c5ccccc5c5ccccc54)cc3c2c1. The minimum absolute atomic E-state index is 0.606. The average molecular weight is 533 g/mol. The second-order valence-corrected chi connectivity index (χ2v) is 12.4. The third kappa shape index (κ3) is 3.04. The van der Waals surface area contributed by atoms with Gasteiger partial charge >= 0.3 is 0 Å². The van der Waals surface area contributed by atoms with Crippen LogP contribution in [0, 0.1) is 0 Å². The first-order valence-electron chi connectivity index (χ1n) is 14.3. The Morgan fingerprint density at radius 2 is 1.10 bits per heavy atom. The molecule has 1 aliphatic rings. The van der Waals surface area contributed by atoms with Crippen molar-refractivity contribution in [1.82, 2.24) is 9.13 Å². The van der Waals surface area contributed by atoms with Crippen molar-refractivity contribution in [2.75, 3.05) is 0 Å². The molecule has 3 aromatic heterocycles. The fourth-order valence-electron chi connectivity index (χ4n) is 7.36. The lowest BCUT2D eigenvalue weighted by Gasteiger charge is -2.21. The molecule has 0 spiro atoms. The van der Waals surface area contributed by atoms with Crippen molar-refractivity contribution in [3.8, 4) is 11.4 Å². The van der Waals surface area contributed by atoms with Gasteiger partial charge < -0.3 is 9.13 Å². The summed E-state index contributed by atoms with van der Waals surface area (Å²) >= 11 is 1.90. The second-order valence-electron chi connectivity index (χ2n) is 11.3. The maximum atomic E-state index is 2.56. The van der Waals surface area contributed by atoms with E-state index in [4.69, 9.17) is 0 Å². The molecular formula is C37H28N2S. The molecule has 192 valence electrons. The van der Waals surface area contributed by atoms with E-state index >= 15 is 0 Å². The number of fused-ring (bicyclic) bond motifs is 9. The van der Waals surface area contributed by atoms with E-state index in [1.165, 1.54) is 82.8 Å². The average Bonchev–Trinajstić information content (AvgIpc) is 3.64. The second kappa shape index (κ2) is 8.33. The van der Waals surface area contributed by atoms with Crippen LogP contribution in [0.2, 0.25) is 0 Å². The number of nitrogens with zero attached hydrogens (tertiary/aromatic N) is 2. The lowest BCUT2D eigenvalue weighted by Crippen LogP contribution is -2.09. The molecule has 3 heterocycles. The lowest BCUT2D eigenvalue weighted by atomic mass is 9.86. The quantitative estimate of drug-likeness (QED) is 0.210. The van der Waals surface area contributed by atoms with Gasteiger partial charge in [-0.2, -0.15) is 0 Å². The van der Waals surface area contributed by atoms with Gasteiger partial charge in [0.1, 0.15) is 0 Å². The summed E-state index contributed by atoms with van der Waals surface area (Å²) in [6.45, 7) is 2.40. The third-order valence-corrected chi connectivity index (χ3v) is 10.2. The minimum Gasteiger partial charge on any atom is -0.313 e. The molecule has 9 rings (SSSR count). The Balaban J connectivity index is 1.30. The first-order chi connectivity index (χ1) is 19.8. The zero-order valence-electron chi connectivity index (χ0n) is 22.4. The molecule has 8 aromatic rings. The van der Waals surface area contributed by atoms with E-state index in [9.17, 15) is 0 Å². The molecule has 5 aromatic carbocycles. The van der Waals surface area contributed by atoms with Gasteiger partial charge in [-0.05, 0) is 85.3 Å². The van der Waals surface area contributed by atoms with Gasteiger partial charge in [0.2, 0.25) is 0 Å². The highest BCUT2D eigenvalue weighted by Crippen LogP contribution is 2.42. The van der Waals surface area contributed by atoms with Gasteiger partial charge in [0.05, 0.1) is 16.6 Å². The van der Waals surface area contributed by atoms with Crippen molar-refractivity contribution < 1.29 is 0 Å². The first kappa shape index (κ1) is 22.5. The zero-order chi connectivity index (χ0) is 26.4. The number of hydrogen-bond donors (Lipinski definition) is 0. The molecule has 1 unspecified atom stereocenters. The van der Waals surface area contributed by atoms with Crippen molar-refractivity contribution in [2.24, 2.45) is 0 Å². The molecule has 40 heavy (non-hydrogen) atoms. The van der Waals surface area contributed by atoms with E-state index in [0.717, 1.165) is 6.42 Å². The standard InChI is InChI=1S/C37H28N2S/c1-23-9-8-16-34-37(23)28-12-4-7-15-33(28)39(34)25-18-20-36-30(22-25)29-21-24(17-19-35(29)40-36)38-31-13-5-2-10-26(31)27-11-3-6-14-32(27)38/h2-7,10-15,17-23H,8-9,16H2,1H3. The number of thiophene rings is 1. The van der Waals surface area contributed by atoms with E-state index in [1.54, 1.807) is 5.56 Å². The topological polar surface area (TPSA) is 9.86 Å². The maximum Gasteiger partial charge on any atom is 0.0541 e. The molecule has 0 saturated heterocycles. The first-order valence-corrected chi connectivity index (χ1v) is 15.2. The molecule has 0 bridgehead atoms. The Labute approximate surface area is 236 Å². The van der Waals surface area contributed by atoms with Crippen LogP contribution in [0.3, 0.4) is 0 Å². The molecule has 0 amide bonds. The number of benzene rings is 5. The fraction of sp³-hybridized carbons (Fsp3) is 0.135. The van der Waals surface area contributed by atoms with Crippen molar-refractivity contribution in [3.63, 3.8) is 0 Å². The summed E-state index contributed by atoms with van der Waals surface area (Å²) in [6.07, 6.45) is 3.69. The Kier molecular flexibility index (Phi) is 4.68. The van der Waals surface area contributed by atoms with E-state index < -0.39 is 0 Å². The highest BCUT2D eigenvalue weighted by atomic mass is 32.1. The number of para-hydroxylation sites is 3. The van der Waals surface area contributed by atoms with Crippen LogP contribution in [-0.4, -0.2) is 9.13 Å².